The van der Waals surface area contributed by atoms with Crippen molar-refractivity contribution in [1.29, 1.82) is 0 Å². The van der Waals surface area contributed by atoms with E-state index in [0.29, 0.717) is 17.5 Å². The second kappa shape index (κ2) is 12.7. The minimum absolute atomic E-state index is 0.558. The molecule has 0 bridgehead atoms. The molecule has 4 heteroatoms. The van der Waals surface area contributed by atoms with E-state index in [1.54, 1.807) is 0 Å². The van der Waals surface area contributed by atoms with Crippen molar-refractivity contribution in [3.05, 3.63) is 257 Å². The molecule has 0 saturated heterocycles. The Bertz CT molecular complexity index is 3550. The van der Waals surface area contributed by atoms with Gasteiger partial charge in [-0.25, -0.2) is 15.0 Å². The van der Waals surface area contributed by atoms with Crippen LogP contribution in [0.2, 0.25) is 0 Å². The van der Waals surface area contributed by atoms with Gasteiger partial charge in [-0.05, 0) is 79.4 Å². The lowest BCUT2D eigenvalue weighted by Gasteiger charge is -2.48. The Morgan fingerprint density at radius 2 is 0.746 bits per heavy atom. The van der Waals surface area contributed by atoms with Crippen LogP contribution in [0.4, 0.5) is 0 Å². The zero-order valence-corrected chi connectivity index (χ0v) is 34.0. The standard InChI is InChI=1S/C59H35N3O/c1-3-17-36(18-4-1)55-60-56(37-19-5-2-6-20-37)62-57(61-55)38-31-32-41-43-33-34-44-42-23-9-16-30-52(42)63-54(44)53(43)59(51(41)35-38)49-28-14-12-26-47(49)58(48-27-13-15-29-50(48)59)45-24-10-7-21-39(45)40-22-8-11-25-46(40)58/h1-35H. The number of furan rings is 1. The van der Waals surface area contributed by atoms with Crippen LogP contribution < -0.4 is 0 Å². The normalized spacial score (nSPS) is 14.3. The first-order valence-corrected chi connectivity index (χ1v) is 21.6. The molecule has 0 saturated carbocycles. The molecule has 9 aromatic carbocycles. The molecule has 0 N–H and O–H groups in total. The van der Waals surface area contributed by atoms with E-state index in [4.69, 9.17) is 19.4 Å². The Balaban J connectivity index is 1.12. The average Bonchev–Trinajstić information content (AvgIpc) is 3.99. The minimum atomic E-state index is -0.781. The number of hydrogen-bond acceptors (Lipinski definition) is 4. The summed E-state index contributed by atoms with van der Waals surface area (Å²) in [5, 5.41) is 2.22. The molecule has 0 radical (unpaired) electrons. The Morgan fingerprint density at radius 1 is 0.302 bits per heavy atom. The summed E-state index contributed by atoms with van der Waals surface area (Å²) < 4.78 is 7.12. The Morgan fingerprint density at radius 3 is 1.33 bits per heavy atom. The molecule has 3 aliphatic carbocycles. The van der Waals surface area contributed by atoms with Crippen LogP contribution in [0.15, 0.2) is 217 Å². The van der Waals surface area contributed by atoms with Crippen molar-refractivity contribution in [3.63, 3.8) is 0 Å². The van der Waals surface area contributed by atoms with Crippen molar-refractivity contribution < 1.29 is 4.42 Å². The lowest BCUT2D eigenvalue weighted by Crippen LogP contribution is -2.43. The molecule has 0 fully saturated rings. The molecule has 0 amide bonds. The fourth-order valence-electron chi connectivity index (χ4n) is 11.6. The summed E-state index contributed by atoms with van der Waals surface area (Å²) >= 11 is 0. The number of rotatable bonds is 3. The third kappa shape index (κ3) is 4.41. The van der Waals surface area contributed by atoms with Gasteiger partial charge in [-0.2, -0.15) is 0 Å². The van der Waals surface area contributed by atoms with Gasteiger partial charge in [0, 0.05) is 33.0 Å². The van der Waals surface area contributed by atoms with E-state index >= 15 is 0 Å². The van der Waals surface area contributed by atoms with E-state index < -0.39 is 10.8 Å². The van der Waals surface area contributed by atoms with Gasteiger partial charge in [0.2, 0.25) is 0 Å². The molecule has 3 aliphatic rings. The van der Waals surface area contributed by atoms with Gasteiger partial charge >= 0.3 is 0 Å². The summed E-state index contributed by atoms with van der Waals surface area (Å²) in [5.41, 5.74) is 18.1. The van der Waals surface area contributed by atoms with E-state index in [9.17, 15) is 0 Å². The summed E-state index contributed by atoms with van der Waals surface area (Å²) in [6.07, 6.45) is 0. The van der Waals surface area contributed by atoms with Crippen LogP contribution in [0, 0.1) is 0 Å². The maximum absolute atomic E-state index is 7.12. The molecule has 292 valence electrons. The number of nitrogens with zero attached hydrogens (tertiary/aromatic N) is 3. The molecular formula is C59H35N3O. The topological polar surface area (TPSA) is 51.8 Å². The Hall–Kier alpha value is -8.21. The first-order chi connectivity index (χ1) is 31.2. The van der Waals surface area contributed by atoms with Gasteiger partial charge in [0.1, 0.15) is 11.2 Å². The van der Waals surface area contributed by atoms with Gasteiger partial charge in [-0.3, -0.25) is 0 Å². The monoisotopic (exact) mass is 801 g/mol. The summed E-state index contributed by atoms with van der Waals surface area (Å²) in [6.45, 7) is 0. The molecule has 0 unspecified atom stereocenters. The lowest BCUT2D eigenvalue weighted by atomic mass is 9.52. The second-order valence-electron chi connectivity index (χ2n) is 16.9. The van der Waals surface area contributed by atoms with Crippen molar-refractivity contribution in [2.24, 2.45) is 0 Å². The number of fused-ring (bicyclic) bond motifs is 20. The highest BCUT2D eigenvalue weighted by Crippen LogP contribution is 2.68. The first-order valence-electron chi connectivity index (χ1n) is 21.6. The number of benzene rings is 9. The fraction of sp³-hybridized carbons (Fsp3) is 0.0339. The third-order valence-electron chi connectivity index (χ3n) is 14.0. The summed E-state index contributed by atoms with van der Waals surface area (Å²) in [4.78, 5) is 15.5. The van der Waals surface area contributed by atoms with Gasteiger partial charge < -0.3 is 4.42 Å². The molecule has 14 rings (SSSR count). The molecule has 2 spiro atoms. The quantitative estimate of drug-likeness (QED) is 0.179. The smallest absolute Gasteiger partial charge is 0.164 e. The molecule has 2 heterocycles. The highest BCUT2D eigenvalue weighted by atomic mass is 16.3. The van der Waals surface area contributed by atoms with Gasteiger partial charge in [0.05, 0.1) is 10.8 Å². The SMILES string of the molecule is c1ccc(-c2nc(-c3ccccc3)nc(-c3ccc4c(c3)C3(c5ccccc5C5(c6ccccc6-c6ccccc65)c5ccccc53)c3c-4ccc4c3oc3ccccc34)n2)cc1. The Kier molecular flexibility index (Phi) is 6.94. The summed E-state index contributed by atoms with van der Waals surface area (Å²) in [6, 6.07) is 76.7. The average molecular weight is 802 g/mol. The van der Waals surface area contributed by atoms with Gasteiger partial charge in [0.15, 0.2) is 17.5 Å². The van der Waals surface area contributed by atoms with Crippen molar-refractivity contribution in [2.45, 2.75) is 10.8 Å². The van der Waals surface area contributed by atoms with Crippen molar-refractivity contribution >= 4 is 21.9 Å². The molecule has 0 aliphatic heterocycles. The largest absolute Gasteiger partial charge is 0.456 e. The van der Waals surface area contributed by atoms with Crippen LogP contribution >= 0.6 is 0 Å². The second-order valence-corrected chi connectivity index (χ2v) is 16.9. The number of hydrogen-bond donors (Lipinski definition) is 0. The van der Waals surface area contributed by atoms with E-state index in [2.05, 4.69) is 176 Å². The van der Waals surface area contributed by atoms with Crippen molar-refractivity contribution in [2.75, 3.05) is 0 Å². The van der Waals surface area contributed by atoms with Gasteiger partial charge in [-0.15, -0.1) is 0 Å². The Labute approximate surface area is 363 Å². The van der Waals surface area contributed by atoms with Crippen LogP contribution in [-0.2, 0) is 10.8 Å². The lowest BCUT2D eigenvalue weighted by molar-refractivity contribution is 0.615. The van der Waals surface area contributed by atoms with E-state index in [0.717, 1.165) is 38.6 Å². The van der Waals surface area contributed by atoms with E-state index in [1.807, 2.05) is 36.4 Å². The molecule has 0 atom stereocenters. The highest BCUT2D eigenvalue weighted by molar-refractivity contribution is 6.10. The van der Waals surface area contributed by atoms with Crippen LogP contribution in [0.3, 0.4) is 0 Å². The van der Waals surface area contributed by atoms with Crippen LogP contribution in [-0.4, -0.2) is 15.0 Å². The van der Waals surface area contributed by atoms with Gasteiger partial charge in [0.25, 0.3) is 0 Å². The zero-order valence-electron chi connectivity index (χ0n) is 34.0. The summed E-state index contributed by atoms with van der Waals surface area (Å²) in [5.74, 6) is 1.89. The maximum atomic E-state index is 7.12. The predicted octanol–water partition coefficient (Wildman–Crippen LogP) is 13.8. The predicted molar refractivity (Wildman–Crippen MR) is 252 cm³/mol. The number of aromatic nitrogens is 3. The molecule has 63 heavy (non-hydrogen) atoms. The molecule has 2 aromatic heterocycles. The summed E-state index contributed by atoms with van der Waals surface area (Å²) in [7, 11) is 0. The van der Waals surface area contributed by atoms with Crippen LogP contribution in [0.1, 0.15) is 44.5 Å². The van der Waals surface area contributed by atoms with Crippen molar-refractivity contribution in [3.8, 4) is 56.4 Å². The first kappa shape index (κ1) is 34.5. The molecular weight excluding hydrogens is 767 g/mol. The zero-order chi connectivity index (χ0) is 41.3. The van der Waals surface area contributed by atoms with E-state index in [-0.39, 0.29) is 0 Å². The van der Waals surface area contributed by atoms with Gasteiger partial charge in [-0.1, -0.05) is 194 Å². The molecule has 4 nitrogen and oxygen atoms in total. The van der Waals surface area contributed by atoms with Crippen LogP contribution in [0.5, 0.6) is 0 Å². The minimum Gasteiger partial charge on any atom is -0.456 e. The fourth-order valence-corrected chi connectivity index (χ4v) is 11.6. The maximum Gasteiger partial charge on any atom is 0.164 e. The number of para-hydroxylation sites is 1. The highest BCUT2D eigenvalue weighted by Gasteiger charge is 2.59. The van der Waals surface area contributed by atoms with Crippen LogP contribution in [0.25, 0.3) is 78.4 Å². The van der Waals surface area contributed by atoms with E-state index in [1.165, 1.54) is 66.8 Å². The molecule has 11 aromatic rings. The van der Waals surface area contributed by atoms with Crippen molar-refractivity contribution in [1.82, 2.24) is 15.0 Å². The third-order valence-corrected chi connectivity index (χ3v) is 14.0.